The molecule has 2 aromatic rings. The zero-order valence-electron chi connectivity index (χ0n) is 18.3. The molecular weight excluding hydrogens is 455 g/mol. The number of guanidine groups is 1. The first kappa shape index (κ1) is 23.2. The lowest BCUT2D eigenvalue weighted by Crippen LogP contribution is -2.56. The number of aliphatic imine (C=N–C) groups is 1. The average molecular weight is 480 g/mol. The number of nitrogens with zero attached hydrogens (tertiary/aromatic N) is 5. The Labute approximate surface area is 195 Å². The van der Waals surface area contributed by atoms with Gasteiger partial charge in [-0.25, -0.2) is 9.98 Å². The van der Waals surface area contributed by atoms with Gasteiger partial charge in [-0.2, -0.15) is 13.2 Å². The van der Waals surface area contributed by atoms with Crippen LogP contribution in [0.1, 0.15) is 11.1 Å². The van der Waals surface area contributed by atoms with Crippen LogP contribution in [0.2, 0.25) is 5.02 Å². The summed E-state index contributed by atoms with van der Waals surface area (Å²) in [7, 11) is 3.69. The van der Waals surface area contributed by atoms with Crippen molar-refractivity contribution >= 4 is 23.4 Å². The van der Waals surface area contributed by atoms with Crippen LogP contribution in [0.5, 0.6) is 0 Å². The number of benzene rings is 1. The molecule has 11 heteroatoms. The van der Waals surface area contributed by atoms with Gasteiger partial charge < -0.3 is 20.0 Å². The van der Waals surface area contributed by atoms with Crippen LogP contribution in [-0.2, 0) is 11.8 Å². The molecule has 0 amide bonds. The maximum absolute atomic E-state index is 13.1. The summed E-state index contributed by atoms with van der Waals surface area (Å²) in [6, 6.07) is 8.95. The first-order valence-electron chi connectivity index (χ1n) is 10.4. The van der Waals surface area contributed by atoms with E-state index >= 15 is 0 Å². The fourth-order valence-corrected chi connectivity index (χ4v) is 4.16. The van der Waals surface area contributed by atoms with Gasteiger partial charge in [-0.3, -0.25) is 5.73 Å². The van der Waals surface area contributed by atoms with Crippen molar-refractivity contribution < 1.29 is 13.2 Å². The van der Waals surface area contributed by atoms with Gasteiger partial charge in [0.15, 0.2) is 5.66 Å². The number of nitrogens with two attached hydrogens (primary N) is 1. The first-order chi connectivity index (χ1) is 15.6. The molecule has 2 aliphatic heterocycles. The van der Waals surface area contributed by atoms with E-state index in [9.17, 15) is 13.2 Å². The van der Waals surface area contributed by atoms with Crippen LogP contribution in [-0.4, -0.2) is 61.0 Å². The minimum atomic E-state index is -4.50. The van der Waals surface area contributed by atoms with E-state index in [1.807, 2.05) is 37.2 Å². The monoisotopic (exact) mass is 479 g/mol. The number of halogens is 4. The molecule has 3 N–H and O–H groups in total. The van der Waals surface area contributed by atoms with Crippen molar-refractivity contribution in [1.29, 1.82) is 0 Å². The first-order valence-corrected chi connectivity index (χ1v) is 10.8. The number of pyridine rings is 1. The maximum Gasteiger partial charge on any atom is 0.416 e. The van der Waals surface area contributed by atoms with Gasteiger partial charge in [-0.15, -0.1) is 0 Å². The smallest absolute Gasteiger partial charge is 0.364 e. The third kappa shape index (κ3) is 4.86. The second-order valence-electron chi connectivity index (χ2n) is 8.16. The fraction of sp³-hybridized carbons (Fsp3) is 0.364. The molecule has 1 atom stereocenters. The van der Waals surface area contributed by atoms with Crippen LogP contribution in [0.3, 0.4) is 0 Å². The zero-order valence-corrected chi connectivity index (χ0v) is 19.0. The zero-order chi connectivity index (χ0) is 23.8. The number of aromatic nitrogens is 1. The molecule has 1 saturated heterocycles. The Balaban J connectivity index is 1.62. The lowest BCUT2D eigenvalue weighted by Gasteiger charge is -2.41. The summed E-state index contributed by atoms with van der Waals surface area (Å²) < 4.78 is 39.3. The van der Waals surface area contributed by atoms with E-state index in [1.165, 1.54) is 6.07 Å². The number of alkyl halides is 3. The van der Waals surface area contributed by atoms with Crippen LogP contribution >= 0.6 is 11.6 Å². The van der Waals surface area contributed by atoms with Gasteiger partial charge in [0.25, 0.3) is 0 Å². The quantitative estimate of drug-likeness (QED) is 0.705. The Kier molecular flexibility index (Phi) is 6.15. The van der Waals surface area contributed by atoms with Crippen LogP contribution in [0, 0.1) is 0 Å². The molecule has 3 heterocycles. The lowest BCUT2D eigenvalue weighted by molar-refractivity contribution is -0.137. The van der Waals surface area contributed by atoms with E-state index in [0.29, 0.717) is 30.4 Å². The van der Waals surface area contributed by atoms with Gasteiger partial charge in [0.2, 0.25) is 5.96 Å². The molecule has 0 bridgehead atoms. The molecule has 0 spiro atoms. The van der Waals surface area contributed by atoms with E-state index in [2.05, 4.69) is 20.1 Å². The Morgan fingerprint density at radius 3 is 2.36 bits per heavy atom. The molecule has 1 unspecified atom stereocenters. The van der Waals surface area contributed by atoms with E-state index in [1.54, 1.807) is 12.3 Å². The van der Waals surface area contributed by atoms with Crippen molar-refractivity contribution in [3.63, 3.8) is 0 Å². The molecule has 0 radical (unpaired) electrons. The van der Waals surface area contributed by atoms with Gasteiger partial charge in [0, 0.05) is 63.1 Å². The number of rotatable bonds is 3. The second kappa shape index (κ2) is 8.75. The van der Waals surface area contributed by atoms with Crippen molar-refractivity contribution in [2.75, 3.05) is 45.2 Å². The number of hydrogen-bond donors (Lipinski definition) is 2. The highest BCUT2D eigenvalue weighted by Gasteiger charge is 2.37. The number of anilines is 1. The van der Waals surface area contributed by atoms with Gasteiger partial charge in [-0.05, 0) is 24.3 Å². The number of piperazine rings is 1. The molecule has 4 rings (SSSR count). The van der Waals surface area contributed by atoms with E-state index < -0.39 is 17.4 Å². The standard InChI is InChI=1S/C22H25ClF3N7/c1-31(2)19-14-21(27,16-7-6-15(13-17(16)23)22(24,25)26)30-20(29-19)33-11-9-32(10-12-33)18-5-3-4-8-28-18/h3-8,13-14H,9-12,27H2,1-2H3,(H,29,30). The predicted octanol–water partition coefficient (Wildman–Crippen LogP) is 3.05. The summed E-state index contributed by atoms with van der Waals surface area (Å²) in [5.74, 6) is 2.13. The van der Waals surface area contributed by atoms with Gasteiger partial charge in [-0.1, -0.05) is 23.7 Å². The Bertz CT molecular complexity index is 1060. The van der Waals surface area contributed by atoms with Crippen LogP contribution in [0.15, 0.2) is 59.5 Å². The summed E-state index contributed by atoms with van der Waals surface area (Å²) in [6.07, 6.45) is -1.07. The summed E-state index contributed by atoms with van der Waals surface area (Å²) in [4.78, 5) is 15.2. The highest BCUT2D eigenvalue weighted by molar-refractivity contribution is 6.31. The minimum Gasteiger partial charge on any atom is -0.364 e. The highest BCUT2D eigenvalue weighted by atomic mass is 35.5. The van der Waals surface area contributed by atoms with Crippen LogP contribution < -0.4 is 16.0 Å². The lowest BCUT2D eigenvalue weighted by atomic mass is 9.97. The van der Waals surface area contributed by atoms with Crippen LogP contribution in [0.25, 0.3) is 0 Å². The van der Waals surface area contributed by atoms with Crippen molar-refractivity contribution in [3.8, 4) is 0 Å². The summed E-state index contributed by atoms with van der Waals surface area (Å²) >= 11 is 6.27. The number of hydrogen-bond acceptors (Lipinski definition) is 7. The van der Waals surface area contributed by atoms with E-state index in [0.717, 1.165) is 31.0 Å². The molecule has 1 fully saturated rings. The van der Waals surface area contributed by atoms with Crippen molar-refractivity contribution in [3.05, 3.63) is 70.6 Å². The topological polar surface area (TPSA) is 73.0 Å². The molecule has 176 valence electrons. The summed E-state index contributed by atoms with van der Waals surface area (Å²) in [6.45, 7) is 2.80. The summed E-state index contributed by atoms with van der Waals surface area (Å²) in [5.41, 5.74) is 4.67. The van der Waals surface area contributed by atoms with Crippen LogP contribution in [0.4, 0.5) is 19.0 Å². The normalized spacial score (nSPS) is 21.3. The molecule has 7 nitrogen and oxygen atoms in total. The second-order valence-corrected chi connectivity index (χ2v) is 8.57. The fourth-order valence-electron chi connectivity index (χ4n) is 3.83. The number of nitrogens with one attached hydrogen (secondary N) is 1. The Morgan fingerprint density at radius 2 is 1.79 bits per heavy atom. The van der Waals surface area contributed by atoms with Crippen molar-refractivity contribution in [2.24, 2.45) is 10.7 Å². The summed E-state index contributed by atoms with van der Waals surface area (Å²) in [5, 5.41) is 3.19. The van der Waals surface area contributed by atoms with Gasteiger partial charge in [0.05, 0.1) is 5.56 Å². The minimum absolute atomic E-state index is 0.0911. The maximum atomic E-state index is 13.1. The molecule has 1 aromatic heterocycles. The Morgan fingerprint density at radius 1 is 1.09 bits per heavy atom. The predicted molar refractivity (Wildman–Crippen MR) is 123 cm³/mol. The molecule has 2 aliphatic rings. The van der Waals surface area contributed by atoms with E-state index in [4.69, 9.17) is 22.3 Å². The molecule has 33 heavy (non-hydrogen) atoms. The molecule has 1 aromatic carbocycles. The molecule has 0 saturated carbocycles. The van der Waals surface area contributed by atoms with E-state index in [-0.39, 0.29) is 5.02 Å². The van der Waals surface area contributed by atoms with Crippen molar-refractivity contribution in [1.82, 2.24) is 20.1 Å². The van der Waals surface area contributed by atoms with Crippen molar-refractivity contribution in [2.45, 2.75) is 11.8 Å². The molecular formula is C22H25ClF3N7. The largest absolute Gasteiger partial charge is 0.416 e. The molecule has 0 aliphatic carbocycles. The average Bonchev–Trinajstić information content (AvgIpc) is 2.78. The van der Waals surface area contributed by atoms with Gasteiger partial charge in [0.1, 0.15) is 11.6 Å². The SMILES string of the molecule is CN(C)C1=CC(N)(c2ccc(C(F)(F)F)cc2Cl)N=C(N2CCN(c3ccccn3)CC2)N1. The highest BCUT2D eigenvalue weighted by Crippen LogP contribution is 2.37. The van der Waals surface area contributed by atoms with Gasteiger partial charge >= 0.3 is 6.18 Å². The third-order valence-electron chi connectivity index (χ3n) is 5.65. The third-order valence-corrected chi connectivity index (χ3v) is 5.96. The Hall–Kier alpha value is -2.98.